The van der Waals surface area contributed by atoms with Crippen molar-refractivity contribution in [3.63, 3.8) is 0 Å². The molecule has 0 unspecified atom stereocenters. The van der Waals surface area contributed by atoms with Gasteiger partial charge in [-0.15, -0.1) is 0 Å². The molecule has 3 aromatic rings. The average Bonchev–Trinajstić information content (AvgIpc) is 3.21. The number of aromatic nitrogens is 1. The minimum atomic E-state index is -1.15. The summed E-state index contributed by atoms with van der Waals surface area (Å²) in [4.78, 5) is 40.3. The molecular weight excluding hydrogens is 422 g/mol. The van der Waals surface area contributed by atoms with E-state index in [1.165, 1.54) is 0 Å². The van der Waals surface area contributed by atoms with E-state index in [0.29, 0.717) is 6.42 Å². The fraction of sp³-hybridized carbons (Fsp3) is 0.292. The van der Waals surface area contributed by atoms with E-state index in [4.69, 9.17) is 10.5 Å². The molecule has 6 N–H and O–H groups in total. The average molecular weight is 450 g/mol. The van der Waals surface area contributed by atoms with Crippen molar-refractivity contribution in [1.29, 1.82) is 0 Å². The van der Waals surface area contributed by atoms with E-state index < -0.39 is 24.0 Å². The number of H-pyrrole nitrogens is 1. The number of benzene rings is 2. The number of hydrazine groups is 1. The van der Waals surface area contributed by atoms with Crippen LogP contribution < -0.4 is 21.9 Å². The quantitative estimate of drug-likeness (QED) is 0.284. The van der Waals surface area contributed by atoms with Crippen molar-refractivity contribution < 1.29 is 19.1 Å². The van der Waals surface area contributed by atoms with Crippen molar-refractivity contribution in [2.24, 2.45) is 5.73 Å². The number of fused-ring (bicyclic) bond motifs is 3. The SMILES string of the molecule is C[C@@H]1N[C@H](C(=O)NNC(=O)[C@@H](N)CC(=O)OCc2ccccc2)Cc2c1[nH]c1ccccc21. The number of aromatic amines is 1. The molecule has 9 heteroatoms. The number of nitrogens with one attached hydrogen (secondary N) is 4. The Morgan fingerprint density at radius 1 is 1.09 bits per heavy atom. The number of amides is 2. The summed E-state index contributed by atoms with van der Waals surface area (Å²) in [5, 5.41) is 4.33. The van der Waals surface area contributed by atoms with Gasteiger partial charge in [-0.3, -0.25) is 30.6 Å². The Morgan fingerprint density at radius 2 is 1.82 bits per heavy atom. The summed E-state index contributed by atoms with van der Waals surface area (Å²) in [6, 6.07) is 15.4. The van der Waals surface area contributed by atoms with Crippen LogP contribution in [0.5, 0.6) is 0 Å². The van der Waals surface area contributed by atoms with Gasteiger partial charge in [0, 0.05) is 22.6 Å². The first-order valence-corrected chi connectivity index (χ1v) is 10.8. The lowest BCUT2D eigenvalue weighted by Crippen LogP contribution is -2.56. The highest BCUT2D eigenvalue weighted by Gasteiger charge is 2.31. The highest BCUT2D eigenvalue weighted by atomic mass is 16.5. The molecule has 9 nitrogen and oxygen atoms in total. The number of carbonyl (C=O) groups excluding carboxylic acids is 3. The van der Waals surface area contributed by atoms with E-state index >= 15 is 0 Å². The molecule has 33 heavy (non-hydrogen) atoms. The van der Waals surface area contributed by atoms with Crippen molar-refractivity contribution in [3.05, 3.63) is 71.4 Å². The Bertz CT molecular complexity index is 1160. The fourth-order valence-corrected chi connectivity index (χ4v) is 4.00. The van der Waals surface area contributed by atoms with Gasteiger partial charge in [-0.2, -0.15) is 0 Å². The number of carbonyl (C=O) groups is 3. The van der Waals surface area contributed by atoms with Gasteiger partial charge in [0.2, 0.25) is 0 Å². The third kappa shape index (κ3) is 5.21. The Balaban J connectivity index is 1.26. The van der Waals surface area contributed by atoms with Crippen LogP contribution in [0.2, 0.25) is 0 Å². The maximum Gasteiger partial charge on any atom is 0.308 e. The van der Waals surface area contributed by atoms with Crippen LogP contribution in [0.1, 0.15) is 36.2 Å². The maximum atomic E-state index is 12.7. The zero-order chi connectivity index (χ0) is 23.4. The number of hydrogen-bond acceptors (Lipinski definition) is 6. The third-order valence-corrected chi connectivity index (χ3v) is 5.73. The van der Waals surface area contributed by atoms with E-state index in [0.717, 1.165) is 27.7 Å². The first-order chi connectivity index (χ1) is 15.9. The van der Waals surface area contributed by atoms with Gasteiger partial charge in [-0.25, -0.2) is 0 Å². The van der Waals surface area contributed by atoms with Gasteiger partial charge in [0.05, 0.1) is 18.5 Å². The molecule has 3 atom stereocenters. The molecule has 0 spiro atoms. The maximum absolute atomic E-state index is 12.7. The Labute approximate surface area is 191 Å². The Hall–Kier alpha value is -3.69. The number of nitrogens with two attached hydrogens (primary N) is 1. The normalized spacial score (nSPS) is 18.2. The van der Waals surface area contributed by atoms with Gasteiger partial charge < -0.3 is 15.5 Å². The predicted octanol–water partition coefficient (Wildman–Crippen LogP) is 1.35. The van der Waals surface area contributed by atoms with Gasteiger partial charge in [0.1, 0.15) is 6.61 Å². The summed E-state index contributed by atoms with van der Waals surface area (Å²) in [6.45, 7) is 2.08. The number of para-hydroxylation sites is 1. The topological polar surface area (TPSA) is 138 Å². The summed E-state index contributed by atoms with van der Waals surface area (Å²) in [7, 11) is 0. The second-order valence-corrected chi connectivity index (χ2v) is 8.14. The van der Waals surface area contributed by atoms with E-state index in [-0.39, 0.29) is 25.0 Å². The zero-order valence-corrected chi connectivity index (χ0v) is 18.3. The van der Waals surface area contributed by atoms with Crippen molar-refractivity contribution in [2.75, 3.05) is 0 Å². The number of esters is 1. The molecule has 0 bridgehead atoms. The summed E-state index contributed by atoms with van der Waals surface area (Å²) >= 11 is 0. The van der Waals surface area contributed by atoms with Crippen LogP contribution in [-0.2, 0) is 32.1 Å². The van der Waals surface area contributed by atoms with Crippen LogP contribution in [-0.4, -0.2) is 34.9 Å². The van der Waals surface area contributed by atoms with E-state index in [1.54, 1.807) is 0 Å². The Morgan fingerprint density at radius 3 is 2.61 bits per heavy atom. The number of ether oxygens (including phenoxy) is 1. The van der Waals surface area contributed by atoms with Gasteiger partial charge >= 0.3 is 5.97 Å². The zero-order valence-electron chi connectivity index (χ0n) is 18.3. The minimum Gasteiger partial charge on any atom is -0.461 e. The molecule has 0 radical (unpaired) electrons. The van der Waals surface area contributed by atoms with Crippen LogP contribution in [0.25, 0.3) is 10.9 Å². The largest absolute Gasteiger partial charge is 0.461 e. The summed E-state index contributed by atoms with van der Waals surface area (Å²) in [6.07, 6.45) is 0.176. The minimum absolute atomic E-state index is 0.0609. The van der Waals surface area contributed by atoms with E-state index in [9.17, 15) is 14.4 Å². The highest BCUT2D eigenvalue weighted by Crippen LogP contribution is 2.31. The summed E-state index contributed by atoms with van der Waals surface area (Å²) < 4.78 is 5.14. The van der Waals surface area contributed by atoms with E-state index in [2.05, 4.69) is 21.2 Å². The lowest BCUT2D eigenvalue weighted by Gasteiger charge is -2.28. The molecule has 2 heterocycles. The molecule has 4 rings (SSSR count). The molecule has 2 amide bonds. The molecular formula is C24H27N5O4. The van der Waals surface area contributed by atoms with Gasteiger partial charge in [0.15, 0.2) is 0 Å². The van der Waals surface area contributed by atoms with Gasteiger partial charge in [-0.1, -0.05) is 48.5 Å². The number of rotatable bonds is 6. The van der Waals surface area contributed by atoms with Crippen molar-refractivity contribution in [1.82, 2.24) is 21.2 Å². The first kappa shape index (κ1) is 22.5. The molecule has 172 valence electrons. The van der Waals surface area contributed by atoms with Crippen LogP contribution in [0.4, 0.5) is 0 Å². The van der Waals surface area contributed by atoms with Crippen molar-refractivity contribution in [2.45, 2.75) is 44.5 Å². The molecule has 0 fully saturated rings. The van der Waals surface area contributed by atoms with Crippen LogP contribution in [0.3, 0.4) is 0 Å². The summed E-state index contributed by atoms with van der Waals surface area (Å²) in [5.41, 5.74) is 14.5. The molecule has 1 aliphatic rings. The van der Waals surface area contributed by atoms with Gasteiger partial charge in [-0.05, 0) is 30.5 Å². The van der Waals surface area contributed by atoms with Crippen LogP contribution >= 0.6 is 0 Å². The molecule has 1 aromatic heterocycles. The lowest BCUT2D eigenvalue weighted by molar-refractivity contribution is -0.146. The fourth-order valence-electron chi connectivity index (χ4n) is 4.00. The molecule has 2 aromatic carbocycles. The molecule has 1 aliphatic heterocycles. The highest BCUT2D eigenvalue weighted by molar-refractivity contribution is 5.91. The van der Waals surface area contributed by atoms with Crippen LogP contribution in [0, 0.1) is 0 Å². The lowest BCUT2D eigenvalue weighted by atomic mass is 9.94. The standard InChI is InChI=1S/C24H27N5O4/c1-14-22-17(16-9-5-6-10-19(16)27-22)11-20(26-14)24(32)29-28-23(31)18(25)12-21(30)33-13-15-7-3-2-4-8-15/h2-10,14,18,20,26-27H,11-13,25H2,1H3,(H,28,31)(H,29,32)/t14-,18-,20-/m0/s1. The smallest absolute Gasteiger partial charge is 0.308 e. The molecule has 0 saturated heterocycles. The third-order valence-electron chi connectivity index (χ3n) is 5.73. The number of hydrogen-bond donors (Lipinski definition) is 5. The molecule has 0 aliphatic carbocycles. The monoisotopic (exact) mass is 449 g/mol. The second kappa shape index (κ2) is 9.85. The van der Waals surface area contributed by atoms with Gasteiger partial charge in [0.25, 0.3) is 11.8 Å². The molecule has 0 saturated carbocycles. The van der Waals surface area contributed by atoms with Crippen molar-refractivity contribution in [3.8, 4) is 0 Å². The predicted molar refractivity (Wildman–Crippen MR) is 122 cm³/mol. The van der Waals surface area contributed by atoms with Crippen molar-refractivity contribution >= 4 is 28.7 Å². The second-order valence-electron chi connectivity index (χ2n) is 8.14. The van der Waals surface area contributed by atoms with E-state index in [1.807, 2.05) is 61.5 Å². The Kier molecular flexibility index (Phi) is 6.71. The van der Waals surface area contributed by atoms with Crippen LogP contribution in [0.15, 0.2) is 54.6 Å². The summed E-state index contributed by atoms with van der Waals surface area (Å²) in [5.74, 6) is -1.65. The first-order valence-electron chi connectivity index (χ1n) is 10.8.